The molecule has 66 valence electrons. The molecule has 0 spiro atoms. The summed E-state index contributed by atoms with van der Waals surface area (Å²) in [6.07, 6.45) is 4.07. The summed E-state index contributed by atoms with van der Waals surface area (Å²) in [4.78, 5) is 0. The lowest BCUT2D eigenvalue weighted by molar-refractivity contribution is 0.371. The van der Waals surface area contributed by atoms with Crippen LogP contribution in [0.3, 0.4) is 0 Å². The third-order valence-electron chi connectivity index (χ3n) is 3.12. The lowest BCUT2D eigenvalue weighted by Crippen LogP contribution is -2.32. The Morgan fingerprint density at radius 3 is 2.45 bits per heavy atom. The fraction of sp³-hybridized carbons (Fsp3) is 1.00. The Kier molecular flexibility index (Phi) is 3.38. The van der Waals surface area contributed by atoms with Gasteiger partial charge in [0.05, 0.1) is 0 Å². The van der Waals surface area contributed by atoms with Gasteiger partial charge in [0.15, 0.2) is 0 Å². The molecule has 3 unspecified atom stereocenters. The van der Waals surface area contributed by atoms with Gasteiger partial charge in [0, 0.05) is 6.04 Å². The molecule has 1 nitrogen and oxygen atoms in total. The molecular formula is C10H21N. The van der Waals surface area contributed by atoms with Crippen LogP contribution in [0.5, 0.6) is 0 Å². The third kappa shape index (κ3) is 2.19. The zero-order valence-corrected chi connectivity index (χ0v) is 8.06. The summed E-state index contributed by atoms with van der Waals surface area (Å²) in [7, 11) is 0. The molecule has 1 fully saturated rings. The van der Waals surface area contributed by atoms with Gasteiger partial charge in [0.25, 0.3) is 0 Å². The van der Waals surface area contributed by atoms with Crippen LogP contribution in [-0.2, 0) is 0 Å². The molecule has 0 aliphatic heterocycles. The summed E-state index contributed by atoms with van der Waals surface area (Å²) < 4.78 is 0. The first-order chi connectivity index (χ1) is 5.25. The molecule has 0 amide bonds. The highest BCUT2D eigenvalue weighted by Crippen LogP contribution is 2.30. The number of hydrogen-bond acceptors (Lipinski definition) is 1. The zero-order valence-electron chi connectivity index (χ0n) is 8.06. The predicted molar refractivity (Wildman–Crippen MR) is 49.6 cm³/mol. The van der Waals surface area contributed by atoms with Crippen molar-refractivity contribution in [2.75, 3.05) is 6.54 Å². The highest BCUT2D eigenvalue weighted by atomic mass is 14.9. The summed E-state index contributed by atoms with van der Waals surface area (Å²) in [5.74, 6) is 1.82. The Morgan fingerprint density at radius 1 is 1.27 bits per heavy atom. The minimum Gasteiger partial charge on any atom is -0.314 e. The highest BCUT2D eigenvalue weighted by Gasteiger charge is 2.28. The average molecular weight is 155 g/mol. The molecular weight excluding hydrogens is 134 g/mol. The molecule has 3 atom stereocenters. The molecule has 0 saturated heterocycles. The van der Waals surface area contributed by atoms with Crippen molar-refractivity contribution >= 4 is 0 Å². The van der Waals surface area contributed by atoms with Gasteiger partial charge < -0.3 is 5.32 Å². The van der Waals surface area contributed by atoms with E-state index in [1.807, 2.05) is 0 Å². The predicted octanol–water partition coefficient (Wildman–Crippen LogP) is 2.42. The standard InChI is InChI=1S/C10H21N/c1-4-7-11-10-6-5-8(2)9(10)3/h8-11H,4-7H2,1-3H3. The molecule has 1 N–H and O–H groups in total. The van der Waals surface area contributed by atoms with E-state index in [-0.39, 0.29) is 0 Å². The fourth-order valence-electron chi connectivity index (χ4n) is 1.98. The van der Waals surface area contributed by atoms with Crippen molar-refractivity contribution in [1.29, 1.82) is 0 Å². The van der Waals surface area contributed by atoms with Crippen LogP contribution in [0.25, 0.3) is 0 Å². The molecule has 1 saturated carbocycles. The Labute approximate surface area is 70.6 Å². The van der Waals surface area contributed by atoms with Crippen LogP contribution in [0.15, 0.2) is 0 Å². The van der Waals surface area contributed by atoms with Crippen molar-refractivity contribution in [2.45, 2.75) is 46.1 Å². The van der Waals surface area contributed by atoms with E-state index in [1.165, 1.54) is 25.8 Å². The first-order valence-corrected chi connectivity index (χ1v) is 4.99. The van der Waals surface area contributed by atoms with Crippen molar-refractivity contribution in [1.82, 2.24) is 5.32 Å². The molecule has 0 radical (unpaired) electrons. The summed E-state index contributed by atoms with van der Waals surface area (Å²) in [6, 6.07) is 0.810. The Balaban J connectivity index is 2.24. The van der Waals surface area contributed by atoms with E-state index in [0.717, 1.165) is 17.9 Å². The molecule has 0 bridgehead atoms. The van der Waals surface area contributed by atoms with Gasteiger partial charge >= 0.3 is 0 Å². The Bertz CT molecular complexity index is 111. The minimum absolute atomic E-state index is 0.810. The van der Waals surface area contributed by atoms with E-state index in [4.69, 9.17) is 0 Å². The zero-order chi connectivity index (χ0) is 8.27. The van der Waals surface area contributed by atoms with Crippen LogP contribution in [-0.4, -0.2) is 12.6 Å². The molecule has 0 aromatic rings. The maximum atomic E-state index is 3.61. The van der Waals surface area contributed by atoms with Gasteiger partial charge in [-0.05, 0) is 37.6 Å². The van der Waals surface area contributed by atoms with E-state index >= 15 is 0 Å². The van der Waals surface area contributed by atoms with Crippen LogP contribution in [0, 0.1) is 11.8 Å². The van der Waals surface area contributed by atoms with Gasteiger partial charge in [-0.2, -0.15) is 0 Å². The van der Waals surface area contributed by atoms with Crippen molar-refractivity contribution in [3.63, 3.8) is 0 Å². The third-order valence-corrected chi connectivity index (χ3v) is 3.12. The van der Waals surface area contributed by atoms with E-state index in [1.54, 1.807) is 0 Å². The molecule has 11 heavy (non-hydrogen) atoms. The van der Waals surface area contributed by atoms with Crippen LogP contribution in [0.2, 0.25) is 0 Å². The first kappa shape index (κ1) is 9.05. The first-order valence-electron chi connectivity index (χ1n) is 4.99. The molecule has 1 aliphatic rings. The van der Waals surface area contributed by atoms with Gasteiger partial charge in [-0.25, -0.2) is 0 Å². The van der Waals surface area contributed by atoms with Gasteiger partial charge in [0.2, 0.25) is 0 Å². The van der Waals surface area contributed by atoms with Crippen LogP contribution in [0.1, 0.15) is 40.0 Å². The quantitative estimate of drug-likeness (QED) is 0.660. The van der Waals surface area contributed by atoms with Crippen molar-refractivity contribution in [3.8, 4) is 0 Å². The Morgan fingerprint density at radius 2 is 2.00 bits per heavy atom. The smallest absolute Gasteiger partial charge is 0.00953 e. The second-order valence-corrected chi connectivity index (χ2v) is 3.97. The van der Waals surface area contributed by atoms with E-state index in [0.29, 0.717) is 0 Å². The van der Waals surface area contributed by atoms with Crippen molar-refractivity contribution < 1.29 is 0 Å². The molecule has 1 heteroatoms. The van der Waals surface area contributed by atoms with Crippen LogP contribution >= 0.6 is 0 Å². The van der Waals surface area contributed by atoms with E-state index < -0.39 is 0 Å². The van der Waals surface area contributed by atoms with Gasteiger partial charge in [0.1, 0.15) is 0 Å². The highest BCUT2D eigenvalue weighted by molar-refractivity contribution is 4.84. The second kappa shape index (κ2) is 4.10. The van der Waals surface area contributed by atoms with Crippen LogP contribution in [0.4, 0.5) is 0 Å². The fourth-order valence-corrected chi connectivity index (χ4v) is 1.98. The number of rotatable bonds is 3. The molecule has 0 heterocycles. The van der Waals surface area contributed by atoms with E-state index in [9.17, 15) is 0 Å². The molecule has 0 aromatic heterocycles. The summed E-state index contributed by atoms with van der Waals surface area (Å²) >= 11 is 0. The van der Waals surface area contributed by atoms with Crippen molar-refractivity contribution in [3.05, 3.63) is 0 Å². The maximum Gasteiger partial charge on any atom is 0.00953 e. The number of hydrogen-bond donors (Lipinski definition) is 1. The largest absolute Gasteiger partial charge is 0.314 e. The minimum atomic E-state index is 0.810. The van der Waals surface area contributed by atoms with Crippen LogP contribution < -0.4 is 5.32 Å². The topological polar surface area (TPSA) is 12.0 Å². The molecule has 1 rings (SSSR count). The lowest BCUT2D eigenvalue weighted by Gasteiger charge is -2.18. The van der Waals surface area contributed by atoms with Gasteiger partial charge in [-0.1, -0.05) is 20.8 Å². The van der Waals surface area contributed by atoms with Gasteiger partial charge in [-0.3, -0.25) is 0 Å². The summed E-state index contributed by atoms with van der Waals surface area (Å²) in [5, 5.41) is 3.61. The monoisotopic (exact) mass is 155 g/mol. The molecule has 1 aliphatic carbocycles. The van der Waals surface area contributed by atoms with Crippen molar-refractivity contribution in [2.24, 2.45) is 11.8 Å². The maximum absolute atomic E-state index is 3.61. The van der Waals surface area contributed by atoms with Gasteiger partial charge in [-0.15, -0.1) is 0 Å². The average Bonchev–Trinajstić information content (AvgIpc) is 2.31. The second-order valence-electron chi connectivity index (χ2n) is 3.97. The summed E-state index contributed by atoms with van der Waals surface area (Å²) in [5.41, 5.74) is 0. The number of nitrogens with one attached hydrogen (secondary N) is 1. The Hall–Kier alpha value is -0.0400. The summed E-state index contributed by atoms with van der Waals surface area (Å²) in [6.45, 7) is 8.18. The van der Waals surface area contributed by atoms with E-state index in [2.05, 4.69) is 26.1 Å². The SMILES string of the molecule is CCCNC1CCC(C)C1C. The normalized spacial score (nSPS) is 37.9. The lowest BCUT2D eigenvalue weighted by atomic mass is 9.98. The molecule has 0 aromatic carbocycles.